The molecular formula is C16H26N2OS. The molecule has 3 atom stereocenters. The monoisotopic (exact) mass is 294 g/mol. The number of hydrogen-bond acceptors (Lipinski definition) is 4. The summed E-state index contributed by atoms with van der Waals surface area (Å²) in [5.41, 5.74) is 0. The van der Waals surface area contributed by atoms with Crippen LogP contribution >= 0.6 is 11.3 Å². The average Bonchev–Trinajstić information content (AvgIpc) is 3.13. The third-order valence-corrected chi connectivity index (χ3v) is 5.55. The van der Waals surface area contributed by atoms with Crippen LogP contribution in [0.1, 0.15) is 31.1 Å². The fourth-order valence-corrected chi connectivity index (χ4v) is 4.25. The highest BCUT2D eigenvalue weighted by atomic mass is 32.1. The first-order chi connectivity index (χ1) is 9.86. The Bertz CT molecular complexity index is 395. The predicted molar refractivity (Wildman–Crippen MR) is 84.4 cm³/mol. The maximum atomic E-state index is 6.18. The molecule has 0 bridgehead atoms. The molecule has 0 saturated carbocycles. The lowest BCUT2D eigenvalue weighted by molar-refractivity contribution is -0.0653. The van der Waals surface area contributed by atoms with Crippen molar-refractivity contribution in [3.63, 3.8) is 0 Å². The molecule has 3 nitrogen and oxygen atoms in total. The van der Waals surface area contributed by atoms with Crippen molar-refractivity contribution in [2.45, 2.75) is 50.8 Å². The van der Waals surface area contributed by atoms with Crippen LogP contribution in [0, 0.1) is 0 Å². The van der Waals surface area contributed by atoms with Gasteiger partial charge in [0.25, 0.3) is 0 Å². The molecule has 20 heavy (non-hydrogen) atoms. The number of nitrogens with one attached hydrogen (secondary N) is 1. The number of fused-ring (bicyclic) bond motifs is 1. The Hall–Kier alpha value is -0.420. The van der Waals surface area contributed by atoms with E-state index in [-0.39, 0.29) is 0 Å². The van der Waals surface area contributed by atoms with Crippen LogP contribution in [0.5, 0.6) is 0 Å². The predicted octanol–water partition coefficient (Wildman–Crippen LogP) is 2.52. The van der Waals surface area contributed by atoms with Crippen LogP contribution in [0.4, 0.5) is 0 Å². The lowest BCUT2D eigenvalue weighted by atomic mass is 10.0. The Morgan fingerprint density at radius 3 is 3.30 bits per heavy atom. The molecule has 0 amide bonds. The minimum Gasteiger partial charge on any atom is -0.374 e. The number of hydrogen-bond donors (Lipinski definition) is 1. The first-order valence-electron chi connectivity index (χ1n) is 7.98. The topological polar surface area (TPSA) is 24.5 Å². The molecule has 1 aromatic heterocycles. The van der Waals surface area contributed by atoms with Crippen LogP contribution in [-0.2, 0) is 11.2 Å². The summed E-state index contributed by atoms with van der Waals surface area (Å²) in [5.74, 6) is 0. The summed E-state index contributed by atoms with van der Waals surface area (Å²) in [6, 6.07) is 5.58. The SMILES string of the molecule is CCNC(CCc1cccs1)C1CN2CCCC2CO1. The zero-order valence-corrected chi connectivity index (χ0v) is 13.2. The standard InChI is InChI=1S/C16H26N2OS/c1-2-17-15(8-7-14-6-4-10-20-14)16-11-18-9-3-5-13(18)12-19-16/h4,6,10,13,15-17H,2-3,5,7-9,11-12H2,1H3. The average molecular weight is 294 g/mol. The number of ether oxygens (including phenoxy) is 1. The van der Waals surface area contributed by atoms with Crippen molar-refractivity contribution < 1.29 is 4.74 Å². The van der Waals surface area contributed by atoms with Gasteiger partial charge in [-0.1, -0.05) is 13.0 Å². The zero-order valence-electron chi connectivity index (χ0n) is 12.4. The van der Waals surface area contributed by atoms with Crippen molar-refractivity contribution in [1.29, 1.82) is 0 Å². The number of morpholine rings is 1. The third kappa shape index (κ3) is 3.42. The Balaban J connectivity index is 1.55. The Morgan fingerprint density at radius 1 is 1.55 bits per heavy atom. The first kappa shape index (κ1) is 14.5. The molecule has 0 spiro atoms. The summed E-state index contributed by atoms with van der Waals surface area (Å²) < 4.78 is 6.18. The van der Waals surface area contributed by atoms with Crippen LogP contribution in [0.15, 0.2) is 17.5 Å². The quantitative estimate of drug-likeness (QED) is 0.872. The van der Waals surface area contributed by atoms with Gasteiger partial charge in [0, 0.05) is 23.5 Å². The van der Waals surface area contributed by atoms with Crippen molar-refractivity contribution in [2.24, 2.45) is 0 Å². The van der Waals surface area contributed by atoms with E-state index < -0.39 is 0 Å². The number of likely N-dealkylation sites (N-methyl/N-ethyl adjacent to an activating group) is 1. The molecule has 1 N–H and O–H groups in total. The van der Waals surface area contributed by atoms with Crippen molar-refractivity contribution in [3.05, 3.63) is 22.4 Å². The van der Waals surface area contributed by atoms with Crippen LogP contribution < -0.4 is 5.32 Å². The summed E-state index contributed by atoms with van der Waals surface area (Å²) in [4.78, 5) is 4.13. The molecular weight excluding hydrogens is 268 g/mol. The molecule has 1 aromatic rings. The van der Waals surface area contributed by atoms with Crippen molar-refractivity contribution >= 4 is 11.3 Å². The van der Waals surface area contributed by atoms with Crippen molar-refractivity contribution in [1.82, 2.24) is 10.2 Å². The number of nitrogens with zero attached hydrogens (tertiary/aromatic N) is 1. The molecule has 0 aromatic carbocycles. The van der Waals surface area contributed by atoms with Gasteiger partial charge in [0.1, 0.15) is 0 Å². The van der Waals surface area contributed by atoms with E-state index >= 15 is 0 Å². The lowest BCUT2D eigenvalue weighted by Gasteiger charge is -2.39. The highest BCUT2D eigenvalue weighted by molar-refractivity contribution is 7.09. The van der Waals surface area contributed by atoms with E-state index in [1.54, 1.807) is 0 Å². The van der Waals surface area contributed by atoms with Gasteiger partial charge in [0.05, 0.1) is 12.7 Å². The van der Waals surface area contributed by atoms with Gasteiger partial charge in [-0.2, -0.15) is 0 Å². The second kappa shape index (κ2) is 7.03. The van der Waals surface area contributed by atoms with Crippen molar-refractivity contribution in [2.75, 3.05) is 26.2 Å². The van der Waals surface area contributed by atoms with Gasteiger partial charge >= 0.3 is 0 Å². The van der Waals surface area contributed by atoms with Gasteiger partial charge in [0.2, 0.25) is 0 Å². The second-order valence-corrected chi connectivity index (χ2v) is 6.98. The Labute approximate surface area is 126 Å². The van der Waals surface area contributed by atoms with Gasteiger partial charge < -0.3 is 10.1 Å². The molecule has 2 aliphatic heterocycles. The normalized spacial score (nSPS) is 28.4. The van der Waals surface area contributed by atoms with E-state index in [4.69, 9.17) is 4.74 Å². The molecule has 2 fully saturated rings. The van der Waals surface area contributed by atoms with E-state index in [1.807, 2.05) is 11.3 Å². The second-order valence-electron chi connectivity index (χ2n) is 5.94. The van der Waals surface area contributed by atoms with E-state index in [0.29, 0.717) is 18.2 Å². The molecule has 3 unspecified atom stereocenters. The van der Waals surface area contributed by atoms with E-state index in [2.05, 4.69) is 34.7 Å². The summed E-state index contributed by atoms with van der Waals surface area (Å²) in [5, 5.41) is 5.82. The maximum Gasteiger partial charge on any atom is 0.0855 e. The van der Waals surface area contributed by atoms with E-state index in [1.165, 1.54) is 37.1 Å². The highest BCUT2D eigenvalue weighted by Gasteiger charge is 2.35. The Kier molecular flexibility index (Phi) is 5.10. The van der Waals surface area contributed by atoms with Gasteiger partial charge in [-0.15, -0.1) is 11.3 Å². The Morgan fingerprint density at radius 2 is 2.50 bits per heavy atom. The summed E-state index contributed by atoms with van der Waals surface area (Å²) in [6.45, 7) is 6.55. The fourth-order valence-electron chi connectivity index (χ4n) is 3.52. The molecule has 4 heteroatoms. The van der Waals surface area contributed by atoms with Gasteiger partial charge in [0.15, 0.2) is 0 Å². The smallest absolute Gasteiger partial charge is 0.0855 e. The summed E-state index contributed by atoms with van der Waals surface area (Å²) in [6.07, 6.45) is 5.38. The molecule has 2 saturated heterocycles. The van der Waals surface area contributed by atoms with Gasteiger partial charge in [-0.25, -0.2) is 0 Å². The molecule has 0 aliphatic carbocycles. The van der Waals surface area contributed by atoms with Crippen molar-refractivity contribution in [3.8, 4) is 0 Å². The summed E-state index contributed by atoms with van der Waals surface area (Å²) >= 11 is 1.87. The fraction of sp³-hybridized carbons (Fsp3) is 0.750. The largest absolute Gasteiger partial charge is 0.374 e. The van der Waals surface area contributed by atoms with Crippen LogP contribution in [0.2, 0.25) is 0 Å². The highest BCUT2D eigenvalue weighted by Crippen LogP contribution is 2.25. The molecule has 112 valence electrons. The van der Waals surface area contributed by atoms with E-state index in [9.17, 15) is 0 Å². The number of aryl methyl sites for hydroxylation is 1. The number of rotatable bonds is 6. The lowest BCUT2D eigenvalue weighted by Crippen LogP contribution is -2.54. The minimum absolute atomic E-state index is 0.365. The maximum absolute atomic E-state index is 6.18. The minimum atomic E-state index is 0.365. The molecule has 0 radical (unpaired) electrons. The third-order valence-electron chi connectivity index (χ3n) is 4.61. The van der Waals surface area contributed by atoms with Crippen LogP contribution in [0.25, 0.3) is 0 Å². The molecule has 3 heterocycles. The van der Waals surface area contributed by atoms with Crippen LogP contribution in [0.3, 0.4) is 0 Å². The number of thiophene rings is 1. The molecule has 2 aliphatic rings. The molecule has 3 rings (SSSR count). The van der Waals surface area contributed by atoms with Gasteiger partial charge in [-0.3, -0.25) is 4.90 Å². The van der Waals surface area contributed by atoms with E-state index in [0.717, 1.165) is 19.7 Å². The zero-order chi connectivity index (χ0) is 13.8. The van der Waals surface area contributed by atoms with Gasteiger partial charge in [-0.05, 0) is 50.2 Å². The van der Waals surface area contributed by atoms with Crippen LogP contribution in [-0.4, -0.2) is 49.3 Å². The summed E-state index contributed by atoms with van der Waals surface area (Å²) in [7, 11) is 0. The first-order valence-corrected chi connectivity index (χ1v) is 8.86.